The molecule has 104 valence electrons. The molecular weight excluding hydrogens is 248 g/mol. The van der Waals surface area contributed by atoms with E-state index in [4.69, 9.17) is 11.6 Å². The lowest BCUT2D eigenvalue weighted by Gasteiger charge is -2.16. The lowest BCUT2D eigenvalue weighted by atomic mass is 9.88. The third-order valence-electron chi connectivity index (χ3n) is 3.87. The summed E-state index contributed by atoms with van der Waals surface area (Å²) < 4.78 is 0. The summed E-state index contributed by atoms with van der Waals surface area (Å²) in [5.41, 5.74) is 0. The van der Waals surface area contributed by atoms with Gasteiger partial charge >= 0.3 is 0 Å². The Morgan fingerprint density at radius 1 is 1.00 bits per heavy atom. The third-order valence-corrected chi connectivity index (χ3v) is 4.06. The maximum absolute atomic E-state index is 12.1. The van der Waals surface area contributed by atoms with Crippen LogP contribution in [-0.4, -0.2) is 11.0 Å². The van der Waals surface area contributed by atoms with Crippen LogP contribution in [0.1, 0.15) is 77.0 Å². The van der Waals surface area contributed by atoms with Gasteiger partial charge in [-0.15, -0.1) is 0 Å². The first-order valence-electron chi connectivity index (χ1n) is 7.41. The molecule has 0 spiro atoms. The quantitative estimate of drug-likeness (QED) is 0.702. The normalized spacial score (nSPS) is 24.1. The molecule has 0 heterocycles. The van der Waals surface area contributed by atoms with Crippen molar-refractivity contribution in [3.05, 3.63) is 0 Å². The second-order valence-corrected chi connectivity index (χ2v) is 5.85. The first-order chi connectivity index (χ1) is 8.70. The first kappa shape index (κ1) is 15.7. The molecule has 0 radical (unpaired) electrons. The van der Waals surface area contributed by atoms with Crippen molar-refractivity contribution >= 4 is 22.6 Å². The highest BCUT2D eigenvalue weighted by Gasteiger charge is 2.18. The second-order valence-electron chi connectivity index (χ2n) is 5.42. The number of halogens is 1. The van der Waals surface area contributed by atoms with Crippen LogP contribution >= 0.6 is 11.6 Å². The number of carbonyl (C=O) groups excluding carboxylic acids is 2. The summed E-state index contributed by atoms with van der Waals surface area (Å²) in [5.74, 6) is 0.431. The molecule has 0 aliphatic heterocycles. The molecule has 2 nitrogen and oxygen atoms in total. The van der Waals surface area contributed by atoms with Crippen LogP contribution in [0.4, 0.5) is 0 Å². The minimum atomic E-state index is -0.311. The van der Waals surface area contributed by atoms with Gasteiger partial charge in [0.15, 0.2) is 0 Å². The molecule has 1 atom stereocenters. The Bertz CT molecular complexity index is 263. The van der Waals surface area contributed by atoms with Crippen LogP contribution < -0.4 is 0 Å². The predicted octanol–water partition coefficient (Wildman–Crippen LogP) is 4.63. The van der Waals surface area contributed by atoms with E-state index in [1.54, 1.807) is 0 Å². The van der Waals surface area contributed by atoms with Crippen molar-refractivity contribution in [1.82, 2.24) is 0 Å². The Labute approximate surface area is 115 Å². The van der Waals surface area contributed by atoms with E-state index in [1.165, 1.54) is 38.5 Å². The molecule has 1 aliphatic rings. The van der Waals surface area contributed by atoms with Crippen LogP contribution in [0.25, 0.3) is 0 Å². The Morgan fingerprint density at radius 3 is 2.17 bits per heavy atom. The van der Waals surface area contributed by atoms with Gasteiger partial charge in [0, 0.05) is 18.8 Å². The van der Waals surface area contributed by atoms with Crippen molar-refractivity contribution in [3.8, 4) is 0 Å². The fraction of sp³-hybridized carbons (Fsp3) is 0.867. The zero-order valence-electron chi connectivity index (χ0n) is 11.3. The van der Waals surface area contributed by atoms with Gasteiger partial charge in [-0.25, -0.2) is 0 Å². The summed E-state index contributed by atoms with van der Waals surface area (Å²) in [6.07, 6.45) is 12.4. The topological polar surface area (TPSA) is 34.1 Å². The van der Waals surface area contributed by atoms with E-state index in [1.807, 2.05) is 0 Å². The molecule has 0 aromatic carbocycles. The van der Waals surface area contributed by atoms with Crippen LogP contribution in [0.3, 0.4) is 0 Å². The van der Waals surface area contributed by atoms with Gasteiger partial charge in [0.1, 0.15) is 5.78 Å². The molecule has 0 saturated heterocycles. The van der Waals surface area contributed by atoms with Gasteiger partial charge < -0.3 is 0 Å². The average Bonchev–Trinajstić information content (AvgIpc) is 2.32. The Hall–Kier alpha value is -0.370. The highest BCUT2D eigenvalue weighted by atomic mass is 35.5. The smallest absolute Gasteiger partial charge is 0.221 e. The summed E-state index contributed by atoms with van der Waals surface area (Å²) in [5, 5.41) is -0.311. The van der Waals surface area contributed by atoms with E-state index in [0.29, 0.717) is 25.0 Å². The number of Topliss-reactive ketones (excluding diaryl/α,β-unsaturated/α-hetero) is 1. The van der Waals surface area contributed by atoms with Crippen LogP contribution in [0.5, 0.6) is 0 Å². The van der Waals surface area contributed by atoms with Gasteiger partial charge in [-0.3, -0.25) is 9.59 Å². The zero-order valence-corrected chi connectivity index (χ0v) is 12.0. The van der Waals surface area contributed by atoms with Gasteiger partial charge in [0.2, 0.25) is 5.24 Å². The average molecular weight is 273 g/mol. The molecule has 0 aromatic heterocycles. The fourth-order valence-electron chi connectivity index (χ4n) is 2.71. The van der Waals surface area contributed by atoms with Crippen LogP contribution in [0, 0.1) is 5.92 Å². The van der Waals surface area contributed by atoms with Crippen molar-refractivity contribution in [3.63, 3.8) is 0 Å². The van der Waals surface area contributed by atoms with Crippen LogP contribution in [0.15, 0.2) is 0 Å². The first-order valence-corrected chi connectivity index (χ1v) is 7.79. The summed E-state index contributed by atoms with van der Waals surface area (Å²) >= 11 is 5.37. The number of ketones is 1. The van der Waals surface area contributed by atoms with Gasteiger partial charge in [0.25, 0.3) is 0 Å². The van der Waals surface area contributed by atoms with Crippen molar-refractivity contribution in [2.45, 2.75) is 77.0 Å². The maximum Gasteiger partial charge on any atom is 0.221 e. The van der Waals surface area contributed by atoms with Crippen molar-refractivity contribution in [1.29, 1.82) is 0 Å². The Morgan fingerprint density at radius 2 is 1.56 bits per heavy atom. The lowest BCUT2D eigenvalue weighted by molar-refractivity contribution is -0.123. The molecular formula is C15H25ClO2. The molecule has 3 heteroatoms. The Balaban J connectivity index is 2.41. The number of hydrogen-bond acceptors (Lipinski definition) is 2. The highest BCUT2D eigenvalue weighted by molar-refractivity contribution is 6.63. The second kappa shape index (κ2) is 9.55. The van der Waals surface area contributed by atoms with Crippen molar-refractivity contribution in [2.24, 2.45) is 5.92 Å². The molecule has 0 N–H and O–H groups in total. The molecule has 1 rings (SSSR count). The van der Waals surface area contributed by atoms with E-state index in [2.05, 4.69) is 0 Å². The molecule has 1 unspecified atom stereocenters. The molecule has 0 bridgehead atoms. The van der Waals surface area contributed by atoms with Gasteiger partial charge in [-0.1, -0.05) is 44.9 Å². The van der Waals surface area contributed by atoms with E-state index in [-0.39, 0.29) is 11.2 Å². The third kappa shape index (κ3) is 7.15. The SMILES string of the molecule is O=C(Cl)CCC1CCCCCCCCCCC1=O. The van der Waals surface area contributed by atoms with Crippen LogP contribution in [0.2, 0.25) is 0 Å². The molecule has 0 aromatic rings. The van der Waals surface area contributed by atoms with E-state index < -0.39 is 0 Å². The summed E-state index contributed by atoms with van der Waals surface area (Å²) in [6, 6.07) is 0. The fourth-order valence-corrected chi connectivity index (χ4v) is 2.82. The summed E-state index contributed by atoms with van der Waals surface area (Å²) in [4.78, 5) is 22.9. The van der Waals surface area contributed by atoms with Crippen LogP contribution in [-0.2, 0) is 9.59 Å². The van der Waals surface area contributed by atoms with E-state index >= 15 is 0 Å². The number of carbonyl (C=O) groups is 2. The molecule has 18 heavy (non-hydrogen) atoms. The molecule has 1 fully saturated rings. The number of rotatable bonds is 3. The molecule has 0 amide bonds. The van der Waals surface area contributed by atoms with E-state index in [0.717, 1.165) is 19.3 Å². The largest absolute Gasteiger partial charge is 0.299 e. The van der Waals surface area contributed by atoms with Gasteiger partial charge in [0.05, 0.1) is 0 Å². The Kier molecular flexibility index (Phi) is 8.32. The molecule has 1 aliphatic carbocycles. The van der Waals surface area contributed by atoms with Crippen molar-refractivity contribution < 1.29 is 9.59 Å². The summed E-state index contributed by atoms with van der Waals surface area (Å²) in [7, 11) is 0. The maximum atomic E-state index is 12.1. The number of hydrogen-bond donors (Lipinski definition) is 0. The zero-order chi connectivity index (χ0) is 13.2. The van der Waals surface area contributed by atoms with E-state index in [9.17, 15) is 9.59 Å². The standard InChI is InChI=1S/C15H25ClO2/c16-15(18)12-11-13-9-7-5-3-1-2-4-6-8-10-14(13)17/h13H,1-12H2. The lowest BCUT2D eigenvalue weighted by Crippen LogP contribution is -2.15. The van der Waals surface area contributed by atoms with Crippen molar-refractivity contribution in [2.75, 3.05) is 0 Å². The predicted molar refractivity (Wildman–Crippen MR) is 74.8 cm³/mol. The van der Waals surface area contributed by atoms with Gasteiger partial charge in [-0.05, 0) is 30.9 Å². The summed E-state index contributed by atoms with van der Waals surface area (Å²) in [6.45, 7) is 0. The minimum Gasteiger partial charge on any atom is -0.299 e. The highest BCUT2D eigenvalue weighted by Crippen LogP contribution is 2.22. The molecule has 1 saturated carbocycles. The minimum absolute atomic E-state index is 0.0760. The monoisotopic (exact) mass is 272 g/mol. The van der Waals surface area contributed by atoms with Gasteiger partial charge in [-0.2, -0.15) is 0 Å².